The van der Waals surface area contributed by atoms with Crippen molar-refractivity contribution in [3.05, 3.63) is 59.8 Å². The number of hydrogen-bond donors (Lipinski definition) is 2. The monoisotopic (exact) mass is 383 g/mol. The summed E-state index contributed by atoms with van der Waals surface area (Å²) in [6.07, 6.45) is 1.75. The van der Waals surface area contributed by atoms with Crippen molar-refractivity contribution in [2.45, 2.75) is 13.2 Å². The maximum atomic E-state index is 5.92. The number of rotatable bonds is 8. The van der Waals surface area contributed by atoms with Crippen LogP contribution in [-0.2, 0) is 17.9 Å². The van der Waals surface area contributed by atoms with Crippen molar-refractivity contribution < 1.29 is 9.47 Å². The van der Waals surface area contributed by atoms with Gasteiger partial charge in [0.05, 0.1) is 13.2 Å². The predicted molar refractivity (Wildman–Crippen MR) is 110 cm³/mol. The number of benzene rings is 1. The Kier molecular flexibility index (Phi) is 8.08. The van der Waals surface area contributed by atoms with Crippen molar-refractivity contribution in [1.29, 1.82) is 0 Å². The normalized spacial score (nSPS) is 15.2. The average molecular weight is 383 g/mol. The Labute approximate surface area is 166 Å². The molecule has 2 aromatic rings. The minimum atomic E-state index is 0.497. The van der Waals surface area contributed by atoms with Gasteiger partial charge in [-0.25, -0.2) is 4.98 Å². The molecule has 0 aliphatic carbocycles. The maximum Gasteiger partial charge on any atom is 0.218 e. The fourth-order valence-corrected chi connectivity index (χ4v) is 2.97. The first kappa shape index (κ1) is 20.1. The Morgan fingerprint density at radius 1 is 1.14 bits per heavy atom. The van der Waals surface area contributed by atoms with Gasteiger partial charge in [0.15, 0.2) is 5.96 Å². The predicted octanol–water partition coefficient (Wildman–Crippen LogP) is 1.66. The van der Waals surface area contributed by atoms with Crippen molar-refractivity contribution in [2.75, 3.05) is 46.4 Å². The van der Waals surface area contributed by atoms with Crippen LogP contribution in [-0.4, -0.2) is 62.3 Å². The first-order valence-electron chi connectivity index (χ1n) is 9.70. The van der Waals surface area contributed by atoms with E-state index in [0.29, 0.717) is 19.0 Å². The summed E-state index contributed by atoms with van der Waals surface area (Å²) in [5.74, 6) is 1.41. The summed E-state index contributed by atoms with van der Waals surface area (Å²) >= 11 is 0. The zero-order valence-corrected chi connectivity index (χ0v) is 16.4. The van der Waals surface area contributed by atoms with E-state index in [1.165, 1.54) is 0 Å². The summed E-state index contributed by atoms with van der Waals surface area (Å²) in [7, 11) is 1.78. The van der Waals surface area contributed by atoms with Gasteiger partial charge in [0.1, 0.15) is 6.61 Å². The minimum Gasteiger partial charge on any atom is -0.473 e. The third-order valence-corrected chi connectivity index (χ3v) is 4.56. The number of aromatic nitrogens is 1. The molecule has 1 aromatic carbocycles. The van der Waals surface area contributed by atoms with Gasteiger partial charge in [0.25, 0.3) is 0 Å². The van der Waals surface area contributed by atoms with Gasteiger partial charge in [-0.1, -0.05) is 36.4 Å². The van der Waals surface area contributed by atoms with Crippen LogP contribution in [0.15, 0.2) is 53.7 Å². The van der Waals surface area contributed by atoms with Crippen molar-refractivity contribution in [3.63, 3.8) is 0 Å². The summed E-state index contributed by atoms with van der Waals surface area (Å²) in [4.78, 5) is 11.1. The fraction of sp³-hybridized carbons (Fsp3) is 0.429. The van der Waals surface area contributed by atoms with E-state index in [2.05, 4.69) is 25.5 Å². The van der Waals surface area contributed by atoms with E-state index in [0.717, 1.165) is 56.5 Å². The second kappa shape index (κ2) is 11.3. The van der Waals surface area contributed by atoms with Gasteiger partial charge in [0.2, 0.25) is 5.88 Å². The van der Waals surface area contributed by atoms with Gasteiger partial charge in [-0.15, -0.1) is 0 Å². The lowest BCUT2D eigenvalue weighted by atomic mass is 10.2. The summed E-state index contributed by atoms with van der Waals surface area (Å²) in [6.45, 7) is 6.52. The van der Waals surface area contributed by atoms with E-state index in [1.54, 1.807) is 13.2 Å². The lowest BCUT2D eigenvalue weighted by Crippen LogP contribution is -2.44. The van der Waals surface area contributed by atoms with E-state index < -0.39 is 0 Å². The molecule has 1 aliphatic heterocycles. The van der Waals surface area contributed by atoms with Gasteiger partial charge in [-0.3, -0.25) is 9.89 Å². The molecule has 0 bridgehead atoms. The average Bonchev–Trinajstić information content (AvgIpc) is 2.76. The van der Waals surface area contributed by atoms with Gasteiger partial charge in [-0.05, 0) is 11.6 Å². The van der Waals surface area contributed by atoms with Crippen LogP contribution in [0.25, 0.3) is 0 Å². The van der Waals surface area contributed by atoms with Crippen LogP contribution in [0, 0.1) is 0 Å². The Morgan fingerprint density at radius 3 is 2.75 bits per heavy atom. The van der Waals surface area contributed by atoms with Gasteiger partial charge in [-0.2, -0.15) is 0 Å². The van der Waals surface area contributed by atoms with E-state index in [-0.39, 0.29) is 0 Å². The highest BCUT2D eigenvalue weighted by Gasteiger charge is 2.10. The molecule has 1 aromatic heterocycles. The summed E-state index contributed by atoms with van der Waals surface area (Å²) in [5, 5.41) is 6.70. The molecule has 7 nitrogen and oxygen atoms in total. The van der Waals surface area contributed by atoms with Crippen LogP contribution < -0.4 is 15.4 Å². The lowest BCUT2D eigenvalue weighted by Gasteiger charge is -2.26. The number of nitrogens with zero attached hydrogens (tertiary/aromatic N) is 3. The first-order chi connectivity index (χ1) is 13.8. The van der Waals surface area contributed by atoms with Crippen LogP contribution in [0.2, 0.25) is 0 Å². The maximum absolute atomic E-state index is 5.92. The van der Waals surface area contributed by atoms with Gasteiger partial charge < -0.3 is 20.1 Å². The molecule has 0 radical (unpaired) electrons. The molecule has 0 unspecified atom stereocenters. The van der Waals surface area contributed by atoms with Crippen molar-refractivity contribution in [2.24, 2.45) is 4.99 Å². The minimum absolute atomic E-state index is 0.497. The Hall–Kier alpha value is -2.64. The Balaban J connectivity index is 1.46. The smallest absolute Gasteiger partial charge is 0.218 e. The summed E-state index contributed by atoms with van der Waals surface area (Å²) in [5.41, 5.74) is 2.11. The molecule has 7 heteroatoms. The number of morpholine rings is 1. The zero-order chi connectivity index (χ0) is 19.4. The number of pyridine rings is 1. The van der Waals surface area contributed by atoms with Crippen molar-refractivity contribution in [3.8, 4) is 5.88 Å². The van der Waals surface area contributed by atoms with E-state index in [1.807, 2.05) is 42.5 Å². The van der Waals surface area contributed by atoms with E-state index in [4.69, 9.17) is 9.47 Å². The fourth-order valence-electron chi connectivity index (χ4n) is 2.97. The molecule has 0 amide bonds. The topological polar surface area (TPSA) is 71.0 Å². The van der Waals surface area contributed by atoms with Crippen LogP contribution in [0.1, 0.15) is 11.1 Å². The SMILES string of the molecule is CN=C(NCCN1CCOCC1)NCc1cccnc1OCc1ccccc1. The molecule has 3 rings (SSSR count). The largest absolute Gasteiger partial charge is 0.473 e. The number of hydrogen-bond acceptors (Lipinski definition) is 5. The third-order valence-electron chi connectivity index (χ3n) is 4.56. The van der Waals surface area contributed by atoms with Crippen LogP contribution >= 0.6 is 0 Å². The molecule has 1 saturated heterocycles. The van der Waals surface area contributed by atoms with Crippen molar-refractivity contribution >= 4 is 5.96 Å². The lowest BCUT2D eigenvalue weighted by molar-refractivity contribution is 0.0389. The highest BCUT2D eigenvalue weighted by Crippen LogP contribution is 2.15. The molecular weight excluding hydrogens is 354 g/mol. The summed E-state index contributed by atoms with van der Waals surface area (Å²) < 4.78 is 11.3. The van der Waals surface area contributed by atoms with Gasteiger partial charge >= 0.3 is 0 Å². The molecule has 1 fully saturated rings. The van der Waals surface area contributed by atoms with Gasteiger partial charge in [0, 0.05) is 51.5 Å². The number of nitrogens with one attached hydrogen (secondary N) is 2. The van der Waals surface area contributed by atoms with Crippen LogP contribution in [0.4, 0.5) is 0 Å². The van der Waals surface area contributed by atoms with E-state index >= 15 is 0 Å². The number of ether oxygens (including phenoxy) is 2. The second-order valence-corrected chi connectivity index (χ2v) is 6.55. The van der Waals surface area contributed by atoms with E-state index in [9.17, 15) is 0 Å². The molecule has 2 heterocycles. The second-order valence-electron chi connectivity index (χ2n) is 6.55. The number of guanidine groups is 1. The molecule has 28 heavy (non-hydrogen) atoms. The molecular formula is C21H29N5O2. The molecule has 0 saturated carbocycles. The molecule has 2 N–H and O–H groups in total. The zero-order valence-electron chi connectivity index (χ0n) is 16.4. The quantitative estimate of drug-likeness (QED) is 0.534. The van der Waals surface area contributed by atoms with Crippen LogP contribution in [0.5, 0.6) is 5.88 Å². The molecule has 1 aliphatic rings. The molecule has 150 valence electrons. The highest BCUT2D eigenvalue weighted by molar-refractivity contribution is 5.79. The Bertz CT molecular complexity index is 733. The molecule has 0 atom stereocenters. The summed E-state index contributed by atoms with van der Waals surface area (Å²) in [6, 6.07) is 14.0. The van der Waals surface area contributed by atoms with Crippen molar-refractivity contribution in [1.82, 2.24) is 20.5 Å². The third kappa shape index (κ3) is 6.51. The van der Waals surface area contributed by atoms with Crippen LogP contribution in [0.3, 0.4) is 0 Å². The molecule has 0 spiro atoms. The standard InChI is InChI=1S/C21H29N5O2/c1-22-21(24-10-11-26-12-14-27-15-13-26)25-16-19-8-5-9-23-20(19)28-17-18-6-3-2-4-7-18/h2-9H,10-17H2,1H3,(H2,22,24,25). The Morgan fingerprint density at radius 2 is 1.96 bits per heavy atom. The highest BCUT2D eigenvalue weighted by atomic mass is 16.5. The first-order valence-corrected chi connectivity index (χ1v) is 9.70. The number of aliphatic imine (C=N–C) groups is 1.